The molecule has 1 aromatic heterocycles. The van der Waals surface area contributed by atoms with Gasteiger partial charge in [-0.15, -0.1) is 24.8 Å². The van der Waals surface area contributed by atoms with E-state index >= 15 is 0 Å². The summed E-state index contributed by atoms with van der Waals surface area (Å²) in [7, 11) is 0. The summed E-state index contributed by atoms with van der Waals surface area (Å²) in [5.74, 6) is 0.928. The van der Waals surface area contributed by atoms with E-state index in [0.717, 1.165) is 58.2 Å². The minimum Gasteiger partial charge on any atom is -0.338 e. The highest BCUT2D eigenvalue weighted by Crippen LogP contribution is 2.22. The fourth-order valence-corrected chi connectivity index (χ4v) is 4.17. The fourth-order valence-electron chi connectivity index (χ4n) is 4.17. The van der Waals surface area contributed by atoms with Gasteiger partial charge in [-0.3, -0.25) is 9.80 Å². The maximum absolute atomic E-state index is 4.94. The normalized spacial score (nSPS) is 17.2. The first-order chi connectivity index (χ1) is 13.2. The lowest BCUT2D eigenvalue weighted by atomic mass is 10.0. The Morgan fingerprint density at radius 2 is 1.72 bits per heavy atom. The lowest BCUT2D eigenvalue weighted by molar-refractivity contribution is 0.241. The van der Waals surface area contributed by atoms with Crippen molar-refractivity contribution in [2.24, 2.45) is 0 Å². The summed E-state index contributed by atoms with van der Waals surface area (Å²) < 4.78 is 0. The quantitative estimate of drug-likeness (QED) is 0.711. The first kappa shape index (κ1) is 23.9. The molecule has 1 fully saturated rings. The summed E-state index contributed by atoms with van der Waals surface area (Å²) in [6.07, 6.45) is 4.32. The van der Waals surface area contributed by atoms with Crippen LogP contribution in [0.25, 0.3) is 0 Å². The second-order valence-corrected chi connectivity index (χ2v) is 7.86. The zero-order chi connectivity index (χ0) is 18.6. The van der Waals surface area contributed by atoms with Crippen molar-refractivity contribution in [2.75, 3.05) is 44.2 Å². The molecule has 4 rings (SSSR count). The second kappa shape index (κ2) is 11.1. The number of piperazine rings is 1. The lowest BCUT2D eigenvalue weighted by Gasteiger charge is -2.35. The van der Waals surface area contributed by atoms with Gasteiger partial charge in [0.15, 0.2) is 0 Å². The van der Waals surface area contributed by atoms with Crippen LogP contribution in [-0.2, 0) is 19.5 Å². The number of halogens is 2. The number of anilines is 1. The van der Waals surface area contributed by atoms with Crippen molar-refractivity contribution in [1.29, 1.82) is 0 Å². The zero-order valence-electron chi connectivity index (χ0n) is 17.5. The van der Waals surface area contributed by atoms with Crippen LogP contribution in [-0.4, -0.2) is 59.0 Å². The summed E-state index contributed by atoms with van der Waals surface area (Å²) >= 11 is 0. The van der Waals surface area contributed by atoms with E-state index in [1.807, 2.05) is 0 Å². The maximum atomic E-state index is 4.94. The third kappa shape index (κ3) is 5.82. The smallest absolute Gasteiger partial charge is 0.225 e. The van der Waals surface area contributed by atoms with E-state index in [2.05, 4.69) is 59.0 Å². The molecule has 0 atom stereocenters. The number of nitrogens with zero attached hydrogens (tertiary/aromatic N) is 5. The number of benzene rings is 1. The minimum atomic E-state index is 0. The van der Waals surface area contributed by atoms with Crippen LogP contribution >= 0.6 is 24.8 Å². The monoisotopic (exact) mass is 437 g/mol. The number of rotatable bonds is 5. The van der Waals surface area contributed by atoms with Gasteiger partial charge in [0.25, 0.3) is 0 Å². The predicted molar refractivity (Wildman–Crippen MR) is 124 cm³/mol. The molecule has 7 heteroatoms. The van der Waals surface area contributed by atoms with E-state index in [0.29, 0.717) is 0 Å². The first-order valence-electron chi connectivity index (χ1n) is 10.3. The standard InChI is InChI=1S/C22H31N5.2ClH/c1-3-9-25-11-13-27(14-12-25)22-23-15-20-17-26(10-8-21(20)24-22)16-19-7-5-4-6-18(19)2;;/h4-7,15H,3,8-14,16-17H2,1-2H3;2*1H. The van der Waals surface area contributed by atoms with Gasteiger partial charge < -0.3 is 4.90 Å². The average molecular weight is 438 g/mol. The van der Waals surface area contributed by atoms with Crippen molar-refractivity contribution in [1.82, 2.24) is 19.8 Å². The molecule has 160 valence electrons. The largest absolute Gasteiger partial charge is 0.338 e. The van der Waals surface area contributed by atoms with Gasteiger partial charge in [0.2, 0.25) is 5.95 Å². The van der Waals surface area contributed by atoms with E-state index in [1.54, 1.807) is 0 Å². The molecule has 0 saturated carbocycles. The van der Waals surface area contributed by atoms with E-state index in [9.17, 15) is 0 Å². The second-order valence-electron chi connectivity index (χ2n) is 7.86. The molecule has 0 spiro atoms. The Morgan fingerprint density at radius 1 is 0.966 bits per heavy atom. The molecule has 0 radical (unpaired) electrons. The highest BCUT2D eigenvalue weighted by atomic mass is 35.5. The molecule has 3 heterocycles. The van der Waals surface area contributed by atoms with Gasteiger partial charge in [0.1, 0.15) is 0 Å². The van der Waals surface area contributed by atoms with Crippen LogP contribution in [0.4, 0.5) is 5.95 Å². The number of aromatic nitrogens is 2. The number of hydrogen-bond acceptors (Lipinski definition) is 5. The van der Waals surface area contributed by atoms with Crippen molar-refractivity contribution >= 4 is 30.8 Å². The Hall–Kier alpha value is -1.40. The molecule has 0 aliphatic carbocycles. The van der Waals surface area contributed by atoms with Crippen molar-refractivity contribution in [3.8, 4) is 0 Å². The van der Waals surface area contributed by atoms with Crippen LogP contribution in [0.1, 0.15) is 35.7 Å². The Kier molecular flexibility index (Phi) is 9.15. The van der Waals surface area contributed by atoms with Gasteiger partial charge in [0.05, 0.1) is 5.69 Å². The molecule has 2 aliphatic heterocycles. The Labute approximate surface area is 187 Å². The molecule has 29 heavy (non-hydrogen) atoms. The Morgan fingerprint density at radius 3 is 2.45 bits per heavy atom. The third-order valence-corrected chi connectivity index (χ3v) is 5.85. The maximum Gasteiger partial charge on any atom is 0.225 e. The Bertz CT molecular complexity index is 778. The van der Waals surface area contributed by atoms with Crippen LogP contribution in [0, 0.1) is 6.92 Å². The summed E-state index contributed by atoms with van der Waals surface area (Å²) in [5.41, 5.74) is 5.33. The number of fused-ring (bicyclic) bond motifs is 1. The van der Waals surface area contributed by atoms with E-state index in [-0.39, 0.29) is 24.8 Å². The summed E-state index contributed by atoms with van der Waals surface area (Å²) in [5, 5.41) is 0. The first-order valence-corrected chi connectivity index (χ1v) is 10.3. The summed E-state index contributed by atoms with van der Waals surface area (Å²) in [6, 6.07) is 8.68. The van der Waals surface area contributed by atoms with Crippen molar-refractivity contribution in [3.63, 3.8) is 0 Å². The molecule has 2 aliphatic rings. The van der Waals surface area contributed by atoms with Crippen molar-refractivity contribution in [3.05, 3.63) is 52.8 Å². The minimum absolute atomic E-state index is 0. The molecule has 0 unspecified atom stereocenters. The van der Waals surface area contributed by atoms with Crippen LogP contribution < -0.4 is 4.90 Å². The molecular weight excluding hydrogens is 405 g/mol. The van der Waals surface area contributed by atoms with E-state index in [1.165, 1.54) is 35.3 Å². The van der Waals surface area contributed by atoms with E-state index in [4.69, 9.17) is 9.97 Å². The summed E-state index contributed by atoms with van der Waals surface area (Å²) in [6.45, 7) is 13.0. The number of aryl methyl sites for hydroxylation is 1. The average Bonchev–Trinajstić information content (AvgIpc) is 2.70. The highest BCUT2D eigenvalue weighted by Gasteiger charge is 2.22. The van der Waals surface area contributed by atoms with Crippen LogP contribution in [0.5, 0.6) is 0 Å². The molecule has 1 saturated heterocycles. The van der Waals surface area contributed by atoms with Crippen molar-refractivity contribution < 1.29 is 0 Å². The molecule has 0 bridgehead atoms. The summed E-state index contributed by atoms with van der Waals surface area (Å²) in [4.78, 5) is 17.1. The van der Waals surface area contributed by atoms with Gasteiger partial charge in [0, 0.05) is 64.0 Å². The molecule has 1 aromatic carbocycles. The van der Waals surface area contributed by atoms with Crippen LogP contribution in [0.2, 0.25) is 0 Å². The predicted octanol–water partition coefficient (Wildman–Crippen LogP) is 3.72. The van der Waals surface area contributed by atoms with Gasteiger partial charge in [-0.1, -0.05) is 31.2 Å². The topological polar surface area (TPSA) is 35.5 Å². The van der Waals surface area contributed by atoms with Crippen molar-refractivity contribution in [2.45, 2.75) is 39.8 Å². The van der Waals surface area contributed by atoms with Gasteiger partial charge >= 0.3 is 0 Å². The SMILES string of the molecule is CCCN1CCN(c2ncc3c(n2)CCN(Cc2ccccc2C)C3)CC1.Cl.Cl. The Balaban J connectivity index is 0.00000150. The molecule has 0 N–H and O–H groups in total. The molecular formula is C22H33Cl2N5. The fraction of sp³-hybridized carbons (Fsp3) is 0.545. The molecule has 5 nitrogen and oxygen atoms in total. The van der Waals surface area contributed by atoms with Crippen LogP contribution in [0.15, 0.2) is 30.5 Å². The van der Waals surface area contributed by atoms with Gasteiger partial charge in [-0.05, 0) is 31.0 Å². The highest BCUT2D eigenvalue weighted by molar-refractivity contribution is 5.85. The van der Waals surface area contributed by atoms with Crippen LogP contribution in [0.3, 0.4) is 0 Å². The number of hydrogen-bond donors (Lipinski definition) is 0. The molecule has 2 aromatic rings. The zero-order valence-corrected chi connectivity index (χ0v) is 19.1. The van der Waals surface area contributed by atoms with E-state index < -0.39 is 0 Å². The van der Waals surface area contributed by atoms with Gasteiger partial charge in [-0.25, -0.2) is 9.97 Å². The lowest BCUT2D eigenvalue weighted by Crippen LogP contribution is -2.47. The third-order valence-electron chi connectivity index (χ3n) is 5.85. The van der Waals surface area contributed by atoms with Gasteiger partial charge in [-0.2, -0.15) is 0 Å². The molecule has 0 amide bonds.